The Labute approximate surface area is 190 Å². The van der Waals surface area contributed by atoms with Gasteiger partial charge in [-0.2, -0.15) is 4.98 Å². The summed E-state index contributed by atoms with van der Waals surface area (Å²) < 4.78 is 40.3. The average Bonchev–Trinajstić information content (AvgIpc) is 2.80. The zero-order chi connectivity index (χ0) is 23.5. The quantitative estimate of drug-likeness (QED) is 0.543. The van der Waals surface area contributed by atoms with E-state index in [4.69, 9.17) is 0 Å². The number of amides is 1. The molecule has 1 aliphatic carbocycles. The van der Waals surface area contributed by atoms with Crippen LogP contribution in [0.15, 0.2) is 36.4 Å². The highest BCUT2D eigenvalue weighted by molar-refractivity contribution is 5.90. The van der Waals surface area contributed by atoms with Crippen LogP contribution in [0.5, 0.6) is 0 Å². The number of anilines is 2. The molecule has 4 rings (SSSR count). The topological polar surface area (TPSA) is 70.2 Å². The number of nitrogens with zero attached hydrogens (tertiary/aromatic N) is 3. The molecule has 174 valence electrons. The van der Waals surface area contributed by atoms with Crippen LogP contribution in [0.2, 0.25) is 0 Å². The minimum atomic E-state index is -1.56. The first kappa shape index (κ1) is 22.8. The van der Waals surface area contributed by atoms with Crippen LogP contribution in [0.25, 0.3) is 10.9 Å². The fraction of sp³-hybridized carbons (Fsp3) is 0.375. The minimum Gasteiger partial charge on any atom is -0.362 e. The van der Waals surface area contributed by atoms with E-state index < -0.39 is 23.4 Å². The lowest BCUT2D eigenvalue weighted by molar-refractivity contribution is -0.121. The summed E-state index contributed by atoms with van der Waals surface area (Å²) in [5, 5.41) is 7.27. The molecule has 3 aromatic rings. The van der Waals surface area contributed by atoms with Gasteiger partial charge in [0.1, 0.15) is 5.82 Å². The largest absolute Gasteiger partial charge is 0.362 e. The first-order valence-electron chi connectivity index (χ1n) is 10.9. The van der Waals surface area contributed by atoms with Crippen LogP contribution >= 0.6 is 0 Å². The van der Waals surface area contributed by atoms with Gasteiger partial charge in [-0.05, 0) is 43.9 Å². The van der Waals surface area contributed by atoms with Crippen LogP contribution in [-0.4, -0.2) is 42.1 Å². The lowest BCUT2D eigenvalue weighted by Crippen LogP contribution is -2.41. The van der Waals surface area contributed by atoms with Gasteiger partial charge in [0.2, 0.25) is 11.9 Å². The Balaban J connectivity index is 1.33. The molecule has 1 amide bonds. The highest BCUT2D eigenvalue weighted by atomic mass is 19.2. The number of halogens is 3. The summed E-state index contributed by atoms with van der Waals surface area (Å²) in [6.07, 6.45) is 2.74. The number of hydrogen-bond acceptors (Lipinski definition) is 5. The molecule has 0 unspecified atom stereocenters. The maximum Gasteiger partial charge on any atom is 0.225 e. The second-order valence-electron chi connectivity index (χ2n) is 8.55. The van der Waals surface area contributed by atoms with Crippen LogP contribution in [0, 0.1) is 17.5 Å². The number of aromatic nitrogens is 2. The van der Waals surface area contributed by atoms with Crippen molar-refractivity contribution in [2.75, 3.05) is 24.3 Å². The van der Waals surface area contributed by atoms with Gasteiger partial charge in [0.15, 0.2) is 17.5 Å². The number of para-hydroxylation sites is 1. The smallest absolute Gasteiger partial charge is 0.225 e. The first-order chi connectivity index (χ1) is 15.8. The standard InChI is InChI=1S/C24H26F3N5O/c1-32(2)23-17-5-3-4-6-19(17)30-24(31-23)29-16-10-8-15(9-11-16)28-20(33)13-14-7-12-18(25)22(27)21(14)26/h3-7,12,15-16H,8-11,13H2,1-2H3,(H,28,33)(H,29,30,31)/t15-,16+. The van der Waals surface area contributed by atoms with E-state index in [-0.39, 0.29) is 24.1 Å². The van der Waals surface area contributed by atoms with Crippen LogP contribution < -0.4 is 15.5 Å². The molecule has 0 radical (unpaired) electrons. The van der Waals surface area contributed by atoms with Crippen LogP contribution in [0.4, 0.5) is 24.9 Å². The molecule has 0 spiro atoms. The zero-order valence-electron chi connectivity index (χ0n) is 18.5. The summed E-state index contributed by atoms with van der Waals surface area (Å²) in [4.78, 5) is 23.6. The van der Waals surface area contributed by atoms with Crippen LogP contribution in [0.3, 0.4) is 0 Å². The fourth-order valence-corrected chi connectivity index (χ4v) is 4.18. The van der Waals surface area contributed by atoms with Crippen molar-refractivity contribution in [1.82, 2.24) is 15.3 Å². The lowest BCUT2D eigenvalue weighted by Gasteiger charge is -2.30. The molecular weight excluding hydrogens is 431 g/mol. The Morgan fingerprint density at radius 2 is 1.67 bits per heavy atom. The van der Waals surface area contributed by atoms with Gasteiger partial charge in [-0.15, -0.1) is 0 Å². The lowest BCUT2D eigenvalue weighted by atomic mass is 9.91. The molecule has 2 N–H and O–H groups in total. The van der Waals surface area contributed by atoms with Crippen molar-refractivity contribution in [3.63, 3.8) is 0 Å². The predicted octanol–water partition coefficient (Wildman–Crippen LogP) is 4.20. The first-order valence-corrected chi connectivity index (χ1v) is 10.9. The van der Waals surface area contributed by atoms with E-state index in [0.717, 1.165) is 54.5 Å². The number of rotatable bonds is 6. The van der Waals surface area contributed by atoms with Crippen molar-refractivity contribution >= 4 is 28.6 Å². The molecule has 1 aliphatic rings. The van der Waals surface area contributed by atoms with E-state index in [1.165, 1.54) is 0 Å². The summed E-state index contributed by atoms with van der Waals surface area (Å²) in [6, 6.07) is 9.89. The summed E-state index contributed by atoms with van der Waals surface area (Å²) >= 11 is 0. The van der Waals surface area contributed by atoms with Crippen molar-refractivity contribution in [3.05, 3.63) is 59.4 Å². The van der Waals surface area contributed by atoms with E-state index in [1.54, 1.807) is 0 Å². The molecule has 2 aromatic carbocycles. The van der Waals surface area contributed by atoms with Crippen molar-refractivity contribution in [2.45, 2.75) is 44.2 Å². The fourth-order valence-electron chi connectivity index (χ4n) is 4.18. The second-order valence-corrected chi connectivity index (χ2v) is 8.55. The maximum absolute atomic E-state index is 13.8. The van der Waals surface area contributed by atoms with Crippen molar-refractivity contribution in [3.8, 4) is 0 Å². The average molecular weight is 458 g/mol. The number of carbonyl (C=O) groups is 1. The molecule has 9 heteroatoms. The highest BCUT2D eigenvalue weighted by Crippen LogP contribution is 2.26. The summed E-state index contributed by atoms with van der Waals surface area (Å²) in [6.45, 7) is 0. The van der Waals surface area contributed by atoms with E-state index in [0.29, 0.717) is 5.95 Å². The van der Waals surface area contributed by atoms with Crippen molar-refractivity contribution in [2.24, 2.45) is 0 Å². The van der Waals surface area contributed by atoms with Gasteiger partial charge < -0.3 is 15.5 Å². The molecular formula is C24H26F3N5O. The Morgan fingerprint density at radius 1 is 0.970 bits per heavy atom. The third-order valence-electron chi connectivity index (χ3n) is 5.90. The van der Waals surface area contributed by atoms with Crippen LogP contribution in [-0.2, 0) is 11.2 Å². The molecule has 33 heavy (non-hydrogen) atoms. The Kier molecular flexibility index (Phi) is 6.67. The maximum atomic E-state index is 13.8. The van der Waals surface area contributed by atoms with E-state index in [2.05, 4.69) is 20.6 Å². The van der Waals surface area contributed by atoms with Crippen LogP contribution in [0.1, 0.15) is 31.2 Å². The summed E-state index contributed by atoms with van der Waals surface area (Å²) in [5.74, 6) is -3.14. The molecule has 0 atom stereocenters. The molecule has 0 aliphatic heterocycles. The van der Waals surface area contributed by atoms with E-state index in [1.807, 2.05) is 43.3 Å². The zero-order valence-corrected chi connectivity index (χ0v) is 18.5. The third kappa shape index (κ3) is 5.18. The molecule has 6 nitrogen and oxygen atoms in total. The van der Waals surface area contributed by atoms with E-state index in [9.17, 15) is 18.0 Å². The summed E-state index contributed by atoms with van der Waals surface area (Å²) in [7, 11) is 3.89. The number of fused-ring (bicyclic) bond motifs is 1. The van der Waals surface area contributed by atoms with Gasteiger partial charge in [0.05, 0.1) is 11.9 Å². The van der Waals surface area contributed by atoms with Gasteiger partial charge in [-0.3, -0.25) is 4.79 Å². The van der Waals surface area contributed by atoms with Crippen molar-refractivity contribution in [1.29, 1.82) is 0 Å². The van der Waals surface area contributed by atoms with Gasteiger partial charge in [-0.1, -0.05) is 18.2 Å². The normalized spacial score (nSPS) is 18.2. The van der Waals surface area contributed by atoms with Gasteiger partial charge >= 0.3 is 0 Å². The Bertz CT molecular complexity index is 1160. The van der Waals surface area contributed by atoms with Gasteiger partial charge in [0.25, 0.3) is 0 Å². The third-order valence-corrected chi connectivity index (χ3v) is 5.90. The Hall–Kier alpha value is -3.36. The summed E-state index contributed by atoms with van der Waals surface area (Å²) in [5.41, 5.74) is 0.705. The van der Waals surface area contributed by atoms with Gasteiger partial charge in [-0.25, -0.2) is 18.2 Å². The molecule has 1 heterocycles. The molecule has 1 saturated carbocycles. The minimum absolute atomic E-state index is 0.0567. The second kappa shape index (κ2) is 9.64. The molecule has 0 bridgehead atoms. The molecule has 0 saturated heterocycles. The van der Waals surface area contributed by atoms with E-state index >= 15 is 0 Å². The number of benzene rings is 2. The molecule has 1 aromatic heterocycles. The Morgan fingerprint density at radius 3 is 2.39 bits per heavy atom. The number of carbonyl (C=O) groups excluding carboxylic acids is 1. The number of nitrogens with one attached hydrogen (secondary N) is 2. The monoisotopic (exact) mass is 457 g/mol. The van der Waals surface area contributed by atoms with Gasteiger partial charge in [0, 0.05) is 37.1 Å². The van der Waals surface area contributed by atoms with Crippen molar-refractivity contribution < 1.29 is 18.0 Å². The SMILES string of the molecule is CN(C)c1nc(N[C@H]2CC[C@@H](NC(=O)Cc3ccc(F)c(F)c3F)CC2)nc2ccccc12. The molecule has 1 fully saturated rings. The predicted molar refractivity (Wildman–Crippen MR) is 122 cm³/mol. The highest BCUT2D eigenvalue weighted by Gasteiger charge is 2.24. The number of hydrogen-bond donors (Lipinski definition) is 2.